The van der Waals surface area contributed by atoms with E-state index in [0.29, 0.717) is 42.8 Å². The maximum absolute atomic E-state index is 12.9. The number of hydrogen-bond acceptors (Lipinski definition) is 8. The zero-order chi connectivity index (χ0) is 29.5. The Balaban J connectivity index is 1.26. The number of aromatic nitrogens is 3. The van der Waals surface area contributed by atoms with Crippen molar-refractivity contribution in [2.24, 2.45) is 0 Å². The van der Waals surface area contributed by atoms with E-state index in [2.05, 4.69) is 20.8 Å². The number of rotatable bonds is 10. The quantitative estimate of drug-likeness (QED) is 0.263. The van der Waals surface area contributed by atoms with Gasteiger partial charge in [-0.05, 0) is 61.0 Å². The van der Waals surface area contributed by atoms with Crippen molar-refractivity contribution in [3.05, 3.63) is 95.8 Å². The molecule has 42 heavy (non-hydrogen) atoms. The van der Waals surface area contributed by atoms with Gasteiger partial charge < -0.3 is 15.4 Å². The average Bonchev–Trinajstić information content (AvgIpc) is 3.42. The molecule has 0 radical (unpaired) electrons. The summed E-state index contributed by atoms with van der Waals surface area (Å²) >= 11 is 1.24. The zero-order valence-corrected chi connectivity index (χ0v) is 24.5. The summed E-state index contributed by atoms with van der Waals surface area (Å²) in [7, 11) is -3.66. The van der Waals surface area contributed by atoms with Crippen molar-refractivity contribution in [1.29, 1.82) is 0 Å². The summed E-state index contributed by atoms with van der Waals surface area (Å²) in [6.07, 6.45) is 0. The number of carbonyl (C=O) groups is 2. The lowest BCUT2D eigenvalue weighted by Gasteiger charge is -2.26. The van der Waals surface area contributed by atoms with Gasteiger partial charge in [-0.25, -0.2) is 8.42 Å². The molecule has 0 bridgehead atoms. The number of carbonyl (C=O) groups excluding carboxylic acids is 2. The van der Waals surface area contributed by atoms with Crippen molar-refractivity contribution in [1.82, 2.24) is 24.4 Å². The normalized spacial score (nSPS) is 13.9. The Morgan fingerprint density at radius 2 is 1.69 bits per heavy atom. The predicted octanol–water partition coefficient (Wildman–Crippen LogP) is 3.26. The number of sulfonamides is 1. The minimum Gasteiger partial charge on any atom is -0.379 e. The maximum atomic E-state index is 12.9. The second kappa shape index (κ2) is 13.3. The first kappa shape index (κ1) is 29.5. The van der Waals surface area contributed by atoms with Gasteiger partial charge in [-0.1, -0.05) is 42.1 Å². The average molecular weight is 607 g/mol. The lowest BCUT2D eigenvalue weighted by molar-refractivity contribution is -0.113. The van der Waals surface area contributed by atoms with Crippen molar-refractivity contribution >= 4 is 39.3 Å². The van der Waals surface area contributed by atoms with Gasteiger partial charge in [-0.3, -0.25) is 14.2 Å². The fraction of sp³-hybridized carbons (Fsp3) is 0.241. The summed E-state index contributed by atoms with van der Waals surface area (Å²) in [5.41, 5.74) is 2.86. The molecule has 11 nitrogen and oxygen atoms in total. The predicted molar refractivity (Wildman–Crippen MR) is 159 cm³/mol. The number of para-hydroxylation sites is 1. The molecule has 2 heterocycles. The van der Waals surface area contributed by atoms with E-state index >= 15 is 0 Å². The third kappa shape index (κ3) is 7.05. The Morgan fingerprint density at radius 3 is 2.40 bits per heavy atom. The summed E-state index contributed by atoms with van der Waals surface area (Å²) in [5, 5.41) is 14.8. The van der Waals surface area contributed by atoms with Crippen LogP contribution in [0.4, 0.5) is 5.69 Å². The van der Waals surface area contributed by atoms with Gasteiger partial charge in [0.05, 0.1) is 30.4 Å². The van der Waals surface area contributed by atoms with Crippen LogP contribution in [0.15, 0.2) is 88.9 Å². The summed E-state index contributed by atoms with van der Waals surface area (Å²) < 4.78 is 34.2. The number of amides is 2. The molecular formula is C29H30N6O5S2. The van der Waals surface area contributed by atoms with Gasteiger partial charge in [-0.2, -0.15) is 4.31 Å². The van der Waals surface area contributed by atoms with E-state index < -0.39 is 10.0 Å². The monoisotopic (exact) mass is 606 g/mol. The molecule has 0 saturated carbocycles. The van der Waals surface area contributed by atoms with Crippen LogP contribution in [-0.2, 0) is 26.1 Å². The van der Waals surface area contributed by atoms with Crippen LogP contribution in [0, 0.1) is 6.92 Å². The highest BCUT2D eigenvalue weighted by molar-refractivity contribution is 7.99. The zero-order valence-electron chi connectivity index (χ0n) is 22.9. The third-order valence-electron chi connectivity index (χ3n) is 6.48. The van der Waals surface area contributed by atoms with Crippen LogP contribution in [0.3, 0.4) is 0 Å². The molecule has 1 aliphatic rings. The number of nitrogens with one attached hydrogen (secondary N) is 2. The van der Waals surface area contributed by atoms with Crippen molar-refractivity contribution in [2.45, 2.75) is 23.5 Å². The van der Waals surface area contributed by atoms with Gasteiger partial charge in [0.2, 0.25) is 15.9 Å². The van der Waals surface area contributed by atoms with Crippen molar-refractivity contribution < 1.29 is 22.7 Å². The molecule has 2 N–H and O–H groups in total. The van der Waals surface area contributed by atoms with Crippen LogP contribution in [-0.4, -0.2) is 71.4 Å². The molecule has 0 aliphatic carbocycles. The van der Waals surface area contributed by atoms with E-state index in [-0.39, 0.29) is 29.0 Å². The minimum atomic E-state index is -3.66. The van der Waals surface area contributed by atoms with Gasteiger partial charge in [-0.15, -0.1) is 10.2 Å². The molecule has 5 rings (SSSR count). The number of hydrogen-bond donors (Lipinski definition) is 2. The van der Waals surface area contributed by atoms with Gasteiger partial charge >= 0.3 is 0 Å². The molecule has 2 amide bonds. The number of aryl methyl sites for hydroxylation is 1. The number of thioether (sulfide) groups is 1. The third-order valence-corrected chi connectivity index (χ3v) is 9.32. The van der Waals surface area contributed by atoms with E-state index in [1.165, 1.54) is 40.3 Å². The lowest BCUT2D eigenvalue weighted by atomic mass is 10.2. The summed E-state index contributed by atoms with van der Waals surface area (Å²) in [5.74, 6) is 0.0230. The fourth-order valence-electron chi connectivity index (χ4n) is 4.37. The Morgan fingerprint density at radius 1 is 0.952 bits per heavy atom. The first-order valence-electron chi connectivity index (χ1n) is 13.3. The van der Waals surface area contributed by atoms with Crippen molar-refractivity contribution in [3.63, 3.8) is 0 Å². The van der Waals surface area contributed by atoms with Crippen molar-refractivity contribution in [2.75, 3.05) is 37.4 Å². The largest absolute Gasteiger partial charge is 0.379 e. The summed E-state index contributed by atoms with van der Waals surface area (Å²) in [6, 6.07) is 22.8. The molecule has 1 fully saturated rings. The Kier molecular flexibility index (Phi) is 9.32. The van der Waals surface area contributed by atoms with E-state index in [1.54, 1.807) is 4.57 Å². The van der Waals surface area contributed by atoms with Crippen LogP contribution in [0.25, 0.3) is 5.69 Å². The number of ether oxygens (including phenoxy) is 1. The second-order valence-corrected chi connectivity index (χ2v) is 12.4. The minimum absolute atomic E-state index is 0.0601. The van der Waals surface area contributed by atoms with Crippen LogP contribution in [0.5, 0.6) is 0 Å². The fourth-order valence-corrected chi connectivity index (χ4v) is 6.55. The number of anilines is 1. The molecule has 13 heteroatoms. The van der Waals surface area contributed by atoms with Gasteiger partial charge in [0.25, 0.3) is 5.91 Å². The van der Waals surface area contributed by atoms with E-state index in [4.69, 9.17) is 4.74 Å². The highest BCUT2D eigenvalue weighted by Gasteiger charge is 2.26. The van der Waals surface area contributed by atoms with Crippen LogP contribution >= 0.6 is 11.8 Å². The standard InChI is InChI=1S/C29H30N6O5S2/c1-21-6-5-7-23(18-21)31-27(36)20-41-29-33-32-26(35(29)24-8-3-2-4-9-24)19-30-28(37)22-10-12-25(13-11-22)42(38,39)34-14-16-40-17-15-34/h2-13,18H,14-17,19-20H2,1H3,(H,30,37)(H,31,36). The summed E-state index contributed by atoms with van der Waals surface area (Å²) in [4.78, 5) is 25.7. The van der Waals surface area contributed by atoms with E-state index in [1.807, 2.05) is 61.5 Å². The van der Waals surface area contributed by atoms with Crippen LogP contribution in [0.2, 0.25) is 0 Å². The van der Waals surface area contributed by atoms with Crippen LogP contribution in [0.1, 0.15) is 21.7 Å². The Hall–Kier alpha value is -4.04. The first-order valence-corrected chi connectivity index (χ1v) is 15.7. The molecule has 0 atom stereocenters. The smallest absolute Gasteiger partial charge is 0.251 e. The SMILES string of the molecule is Cc1cccc(NC(=O)CSc2nnc(CNC(=O)c3ccc(S(=O)(=O)N4CCOCC4)cc3)n2-c2ccccc2)c1. The first-order chi connectivity index (χ1) is 20.3. The number of nitrogens with zero attached hydrogens (tertiary/aromatic N) is 4. The Labute approximate surface area is 248 Å². The van der Waals surface area contributed by atoms with Gasteiger partial charge in [0.1, 0.15) is 0 Å². The van der Waals surface area contributed by atoms with Gasteiger partial charge in [0.15, 0.2) is 11.0 Å². The van der Waals surface area contributed by atoms with Crippen LogP contribution < -0.4 is 10.6 Å². The Bertz CT molecular complexity index is 1650. The molecule has 0 unspecified atom stereocenters. The highest BCUT2D eigenvalue weighted by Crippen LogP contribution is 2.23. The number of morpholine rings is 1. The molecule has 4 aromatic rings. The molecule has 3 aromatic carbocycles. The van der Waals surface area contributed by atoms with E-state index in [9.17, 15) is 18.0 Å². The molecule has 0 spiro atoms. The van der Waals surface area contributed by atoms with Crippen molar-refractivity contribution in [3.8, 4) is 5.69 Å². The molecule has 218 valence electrons. The molecule has 1 aromatic heterocycles. The maximum Gasteiger partial charge on any atom is 0.251 e. The second-order valence-electron chi connectivity index (χ2n) is 9.50. The van der Waals surface area contributed by atoms with Gasteiger partial charge in [0, 0.05) is 30.0 Å². The van der Waals surface area contributed by atoms with E-state index in [0.717, 1.165) is 16.9 Å². The summed E-state index contributed by atoms with van der Waals surface area (Å²) in [6.45, 7) is 3.32. The molecule has 1 saturated heterocycles. The highest BCUT2D eigenvalue weighted by atomic mass is 32.2. The molecule has 1 aliphatic heterocycles. The lowest BCUT2D eigenvalue weighted by Crippen LogP contribution is -2.40. The number of benzene rings is 3. The molecular weight excluding hydrogens is 576 g/mol. The topological polar surface area (TPSA) is 136 Å².